The topological polar surface area (TPSA) is 86.3 Å². The Hall–Kier alpha value is -2.69. The largest absolute Gasteiger partial charge is 0.550 e. The maximum absolute atomic E-state index is 14.2. The minimum atomic E-state index is -10.1. The van der Waals surface area contributed by atoms with Gasteiger partial charge in [-0.15, -0.1) is 0 Å². The van der Waals surface area contributed by atoms with Crippen molar-refractivity contribution >= 4 is 16.0 Å². The molecule has 0 aromatic heterocycles. The predicted molar refractivity (Wildman–Crippen MR) is 123 cm³/mol. The molecule has 0 bridgehead atoms. The van der Waals surface area contributed by atoms with Crippen molar-refractivity contribution in [3.63, 3.8) is 0 Å². The minimum absolute atomic E-state index is 0.243. The fourth-order valence-electron chi connectivity index (χ4n) is 3.81. The van der Waals surface area contributed by atoms with Gasteiger partial charge in [0.05, 0.1) is 27.2 Å². The van der Waals surface area contributed by atoms with Crippen molar-refractivity contribution in [2.24, 2.45) is 0 Å². The average Bonchev–Trinajstić information content (AvgIpc) is 3.00. The first-order chi connectivity index (χ1) is 24.6. The van der Waals surface area contributed by atoms with E-state index in [9.17, 15) is 146 Å². The van der Waals surface area contributed by atoms with E-state index in [0.29, 0.717) is 0 Å². The maximum atomic E-state index is 14.2. The second-order valence-corrected chi connectivity index (χ2v) is 14.0. The number of carbonyl (C=O) groups excluding carboxylic acids is 1. The van der Waals surface area contributed by atoms with Crippen LogP contribution >= 0.6 is 0 Å². The number of nitrogens with one attached hydrogen (secondary N) is 1. The highest BCUT2D eigenvalue weighted by Crippen LogP contribution is 2.69. The molecule has 0 aliphatic carbocycles. The van der Waals surface area contributed by atoms with Crippen LogP contribution in [-0.4, -0.2) is 135 Å². The summed E-state index contributed by atoms with van der Waals surface area (Å²) in [6.07, 6.45) is -10.1. The molecule has 1 N–H and O–H groups in total. The molecular formula is C22H17F29N2O4S. The number of hydrogen-bond donors (Lipinski definition) is 1. The number of carboxylic acids is 1. The van der Waals surface area contributed by atoms with Gasteiger partial charge in [0.2, 0.25) is 0 Å². The summed E-state index contributed by atoms with van der Waals surface area (Å²) in [5.74, 6) is -118. The zero-order valence-corrected chi connectivity index (χ0v) is 27.8. The lowest BCUT2D eigenvalue weighted by atomic mass is 9.84. The Labute approximate surface area is 300 Å². The molecule has 58 heavy (non-hydrogen) atoms. The van der Waals surface area contributed by atoms with E-state index in [4.69, 9.17) is 0 Å². The minimum Gasteiger partial charge on any atom is -0.550 e. The SMILES string of the molecule is C[N+](C)(CCCNS(=O)(=O)C(F)(F)C(F)(F)C(F)(F)C(F)(F)C(F)(F)C(F)(F)C(F)(F)C(F)(F)C(F)(F)C(F)(F)C(F)(F)C(F)(F)C(F)(F)C(F)(F)F)CCC(=O)[O-]. The lowest BCUT2D eigenvalue weighted by Crippen LogP contribution is -2.79. The number of quaternary nitrogens is 1. The van der Waals surface area contributed by atoms with Crippen molar-refractivity contribution < 1.29 is 150 Å². The van der Waals surface area contributed by atoms with Gasteiger partial charge in [-0.1, -0.05) is 0 Å². The number of hydrogen-bond acceptors (Lipinski definition) is 4. The van der Waals surface area contributed by atoms with Crippen molar-refractivity contribution in [1.82, 2.24) is 4.72 Å². The third-order valence-electron chi connectivity index (χ3n) is 7.55. The molecule has 348 valence electrons. The van der Waals surface area contributed by atoms with Crippen molar-refractivity contribution in [2.45, 2.75) is 95.3 Å². The van der Waals surface area contributed by atoms with E-state index < -0.39 is 135 Å². The molecule has 6 nitrogen and oxygen atoms in total. The summed E-state index contributed by atoms with van der Waals surface area (Å²) in [6.45, 7) is -2.79. The van der Waals surface area contributed by atoms with Crippen LogP contribution in [0, 0.1) is 0 Å². The Balaban J connectivity index is 7.24. The lowest BCUT2D eigenvalue weighted by Gasteiger charge is -2.46. The summed E-state index contributed by atoms with van der Waals surface area (Å²) in [7, 11) is -5.65. The molecule has 0 saturated carbocycles. The van der Waals surface area contributed by atoms with E-state index in [1.807, 2.05) is 0 Å². The predicted octanol–water partition coefficient (Wildman–Crippen LogP) is 7.29. The molecule has 0 amide bonds. The van der Waals surface area contributed by atoms with Crippen LogP contribution in [0.3, 0.4) is 0 Å². The van der Waals surface area contributed by atoms with Crippen molar-refractivity contribution in [3.8, 4) is 0 Å². The lowest BCUT2D eigenvalue weighted by molar-refractivity contribution is -0.890. The van der Waals surface area contributed by atoms with Crippen molar-refractivity contribution in [1.29, 1.82) is 0 Å². The molecule has 0 radical (unpaired) electrons. The molecule has 0 atom stereocenters. The maximum Gasteiger partial charge on any atom is 0.460 e. The quantitative estimate of drug-likeness (QED) is 0.0745. The molecule has 0 aromatic rings. The van der Waals surface area contributed by atoms with Gasteiger partial charge >= 0.3 is 82.5 Å². The summed E-state index contributed by atoms with van der Waals surface area (Å²) >= 11 is 0. The highest BCUT2D eigenvalue weighted by molar-refractivity contribution is 7.90. The number of carboxylic acid groups (broad SMARTS) is 1. The van der Waals surface area contributed by atoms with Gasteiger partial charge in [-0.3, -0.25) is 0 Å². The van der Waals surface area contributed by atoms with E-state index in [1.165, 1.54) is 0 Å². The molecule has 0 rings (SSSR count). The first-order valence-corrected chi connectivity index (χ1v) is 15.1. The molecule has 0 spiro atoms. The Bertz CT molecular complexity index is 1600. The molecule has 0 unspecified atom stereocenters. The monoisotopic (exact) mass is 956 g/mol. The molecular weight excluding hydrogens is 939 g/mol. The molecule has 0 fully saturated rings. The zero-order valence-electron chi connectivity index (χ0n) is 27.0. The fourth-order valence-corrected chi connectivity index (χ4v) is 4.87. The number of halogens is 29. The Morgan fingerprint density at radius 1 is 0.448 bits per heavy atom. The van der Waals surface area contributed by atoms with Crippen LogP contribution in [0.4, 0.5) is 127 Å². The summed E-state index contributed by atoms with van der Waals surface area (Å²) in [6, 6.07) is 0. The summed E-state index contributed by atoms with van der Waals surface area (Å²) in [5, 5.41) is 2.35. The number of carbonyl (C=O) groups is 1. The average molecular weight is 956 g/mol. The van der Waals surface area contributed by atoms with Crippen LogP contribution < -0.4 is 9.83 Å². The van der Waals surface area contributed by atoms with E-state index in [0.717, 1.165) is 14.1 Å². The second-order valence-electron chi connectivity index (χ2n) is 12.2. The second kappa shape index (κ2) is 14.7. The van der Waals surface area contributed by atoms with E-state index in [1.54, 1.807) is 0 Å². The van der Waals surface area contributed by atoms with Crippen LogP contribution in [0.25, 0.3) is 0 Å². The number of nitrogens with zero attached hydrogens (tertiary/aromatic N) is 1. The van der Waals surface area contributed by atoms with Crippen LogP contribution in [-0.2, 0) is 14.8 Å². The molecule has 0 saturated heterocycles. The number of alkyl halides is 29. The normalized spacial score (nSPS) is 16.5. The van der Waals surface area contributed by atoms with Crippen LogP contribution in [0.15, 0.2) is 0 Å². The molecule has 0 aliphatic heterocycles. The first-order valence-electron chi connectivity index (χ1n) is 13.6. The first kappa shape index (κ1) is 55.3. The van der Waals surface area contributed by atoms with Gasteiger partial charge in [-0.2, -0.15) is 127 Å². The third kappa shape index (κ3) is 7.63. The smallest absolute Gasteiger partial charge is 0.460 e. The van der Waals surface area contributed by atoms with Gasteiger partial charge in [0.1, 0.15) is 0 Å². The number of sulfonamides is 1. The Morgan fingerprint density at radius 3 is 0.931 bits per heavy atom. The van der Waals surface area contributed by atoms with Gasteiger partial charge in [-0.25, -0.2) is 13.1 Å². The van der Waals surface area contributed by atoms with E-state index >= 15 is 0 Å². The van der Waals surface area contributed by atoms with Gasteiger partial charge in [-0.05, 0) is 0 Å². The summed E-state index contributed by atoms with van der Waals surface area (Å²) < 4.78 is 419. The molecule has 0 aliphatic rings. The molecule has 0 aromatic carbocycles. The number of rotatable bonds is 21. The van der Waals surface area contributed by atoms with Gasteiger partial charge in [0.25, 0.3) is 10.0 Å². The van der Waals surface area contributed by atoms with E-state index in [2.05, 4.69) is 0 Å². The number of aliphatic carboxylic acids is 1. The highest BCUT2D eigenvalue weighted by Gasteiger charge is 3.01. The Kier molecular flexibility index (Phi) is 14.1. The van der Waals surface area contributed by atoms with E-state index in [-0.39, 0.29) is 4.72 Å². The fraction of sp³-hybridized carbons (Fsp3) is 0.955. The zero-order chi connectivity index (χ0) is 47.8. The summed E-state index contributed by atoms with van der Waals surface area (Å²) in [4.78, 5) is 10.5. The molecule has 0 heterocycles. The third-order valence-corrected chi connectivity index (χ3v) is 9.07. The van der Waals surface area contributed by atoms with Gasteiger partial charge in [0, 0.05) is 25.4 Å². The van der Waals surface area contributed by atoms with Crippen LogP contribution in [0.1, 0.15) is 12.8 Å². The van der Waals surface area contributed by atoms with Gasteiger partial charge in [0.15, 0.2) is 0 Å². The van der Waals surface area contributed by atoms with Crippen molar-refractivity contribution in [3.05, 3.63) is 0 Å². The van der Waals surface area contributed by atoms with Crippen molar-refractivity contribution in [2.75, 3.05) is 33.7 Å². The van der Waals surface area contributed by atoms with Crippen LogP contribution in [0.2, 0.25) is 0 Å². The Morgan fingerprint density at radius 2 is 0.690 bits per heavy atom. The van der Waals surface area contributed by atoms with Gasteiger partial charge < -0.3 is 14.4 Å². The molecule has 36 heteroatoms. The standard InChI is InChI=1S/C22H17F29N2O4S/c1-53(2,7-4-8(54)55)6-3-5-52-58(56,57)22(50,51)20(45,46)18(41,42)16(37,38)14(33,34)12(29,30)10(25,26)9(23,24)11(27,28)13(31,32)15(35,36)17(39,40)19(43,44)21(47,48)49/h52H,3-7H2,1-2H3. The van der Waals surface area contributed by atoms with Crippen LogP contribution in [0.5, 0.6) is 0 Å². The highest BCUT2D eigenvalue weighted by atomic mass is 32.2. The summed E-state index contributed by atoms with van der Waals surface area (Å²) in [5.41, 5.74) is 0.